The van der Waals surface area contributed by atoms with Gasteiger partial charge < -0.3 is 10.2 Å². The highest BCUT2D eigenvalue weighted by Crippen LogP contribution is 2.26. The molecule has 4 heterocycles. The molecular weight excluding hydrogens is 400 g/mol. The second-order valence-electron chi connectivity index (χ2n) is 8.93. The predicted octanol–water partition coefficient (Wildman–Crippen LogP) is 3.34. The number of nitrogens with one attached hydrogen (secondary N) is 1. The Morgan fingerprint density at radius 1 is 0.938 bits per heavy atom. The van der Waals surface area contributed by atoms with Crippen molar-refractivity contribution in [2.75, 3.05) is 31.5 Å². The van der Waals surface area contributed by atoms with Crippen molar-refractivity contribution in [3.8, 4) is 0 Å². The Bertz CT molecular complexity index is 1040. The molecule has 0 unspecified atom stereocenters. The molecule has 0 atom stereocenters. The van der Waals surface area contributed by atoms with E-state index in [1.165, 1.54) is 5.56 Å². The molecule has 0 bridgehead atoms. The predicted molar refractivity (Wildman–Crippen MR) is 125 cm³/mol. The van der Waals surface area contributed by atoms with Crippen molar-refractivity contribution in [1.82, 2.24) is 25.0 Å². The van der Waals surface area contributed by atoms with Gasteiger partial charge >= 0.3 is 0 Å². The molecule has 5 rings (SSSR count). The van der Waals surface area contributed by atoms with Crippen molar-refractivity contribution in [2.24, 2.45) is 5.92 Å². The van der Waals surface area contributed by atoms with Crippen LogP contribution in [0.2, 0.25) is 0 Å². The average Bonchev–Trinajstić information content (AvgIpc) is 2.85. The molecular formula is C25H30N6O. The third-order valence-electron chi connectivity index (χ3n) is 6.79. The SMILES string of the molecule is O=C(C1CCN(Cc2ccnnc2)CC1)N1CCC(Nc2cccc3cccnc23)CC1. The molecule has 0 saturated carbocycles. The molecule has 7 nitrogen and oxygen atoms in total. The summed E-state index contributed by atoms with van der Waals surface area (Å²) in [6, 6.07) is 12.7. The van der Waals surface area contributed by atoms with Crippen LogP contribution in [-0.2, 0) is 11.3 Å². The van der Waals surface area contributed by atoms with Crippen molar-refractivity contribution < 1.29 is 4.79 Å². The van der Waals surface area contributed by atoms with Gasteiger partial charge in [0.15, 0.2) is 0 Å². The van der Waals surface area contributed by atoms with Gasteiger partial charge in [0, 0.05) is 49.4 Å². The zero-order chi connectivity index (χ0) is 21.8. The van der Waals surface area contributed by atoms with Crippen LogP contribution in [0.15, 0.2) is 55.0 Å². The fourth-order valence-electron chi connectivity index (χ4n) is 4.95. The summed E-state index contributed by atoms with van der Waals surface area (Å²) in [6.45, 7) is 4.47. The fourth-order valence-corrected chi connectivity index (χ4v) is 4.95. The Morgan fingerprint density at radius 3 is 2.53 bits per heavy atom. The summed E-state index contributed by atoms with van der Waals surface area (Å²) in [5.41, 5.74) is 3.29. The lowest BCUT2D eigenvalue weighted by Gasteiger charge is -2.37. The van der Waals surface area contributed by atoms with E-state index in [2.05, 4.69) is 54.6 Å². The maximum Gasteiger partial charge on any atom is 0.225 e. The summed E-state index contributed by atoms with van der Waals surface area (Å²) in [7, 11) is 0. The van der Waals surface area contributed by atoms with Gasteiger partial charge in [-0.25, -0.2) is 0 Å². The number of likely N-dealkylation sites (tertiary alicyclic amines) is 2. The number of benzene rings is 1. The second-order valence-corrected chi connectivity index (χ2v) is 8.93. The normalized spacial score (nSPS) is 18.7. The molecule has 0 spiro atoms. The van der Waals surface area contributed by atoms with E-state index >= 15 is 0 Å². The van der Waals surface area contributed by atoms with Gasteiger partial charge in [0.2, 0.25) is 5.91 Å². The van der Waals surface area contributed by atoms with Crippen LogP contribution in [0.25, 0.3) is 10.9 Å². The number of fused-ring (bicyclic) bond motifs is 1. The number of rotatable bonds is 5. The molecule has 2 aliphatic rings. The van der Waals surface area contributed by atoms with Crippen LogP contribution in [0, 0.1) is 5.92 Å². The minimum Gasteiger partial charge on any atom is -0.380 e. The Labute approximate surface area is 188 Å². The summed E-state index contributed by atoms with van der Waals surface area (Å²) in [5, 5.41) is 12.6. The number of carbonyl (C=O) groups excluding carboxylic acids is 1. The molecule has 2 saturated heterocycles. The van der Waals surface area contributed by atoms with E-state index in [1.54, 1.807) is 6.20 Å². The largest absolute Gasteiger partial charge is 0.380 e. The summed E-state index contributed by atoms with van der Waals surface area (Å²) in [5.74, 6) is 0.508. The van der Waals surface area contributed by atoms with Crippen molar-refractivity contribution in [1.29, 1.82) is 0 Å². The lowest BCUT2D eigenvalue weighted by Crippen LogP contribution is -2.47. The Balaban J connectivity index is 1.10. The van der Waals surface area contributed by atoms with E-state index in [0.29, 0.717) is 11.9 Å². The van der Waals surface area contributed by atoms with Crippen LogP contribution < -0.4 is 5.32 Å². The third kappa shape index (κ3) is 4.72. The molecule has 7 heteroatoms. The summed E-state index contributed by atoms with van der Waals surface area (Å²) < 4.78 is 0. The zero-order valence-corrected chi connectivity index (χ0v) is 18.4. The number of anilines is 1. The molecule has 2 fully saturated rings. The Hall–Kier alpha value is -3.06. The van der Waals surface area contributed by atoms with Crippen LogP contribution in [0.3, 0.4) is 0 Å². The maximum atomic E-state index is 13.1. The number of carbonyl (C=O) groups is 1. The first-order chi connectivity index (χ1) is 15.8. The van der Waals surface area contributed by atoms with Gasteiger partial charge in [-0.05, 0) is 62.5 Å². The molecule has 2 aromatic heterocycles. The number of piperidine rings is 2. The number of pyridine rings is 1. The van der Waals surface area contributed by atoms with Crippen molar-refractivity contribution in [2.45, 2.75) is 38.3 Å². The minimum atomic E-state index is 0.161. The van der Waals surface area contributed by atoms with Crippen molar-refractivity contribution >= 4 is 22.5 Å². The molecule has 3 aromatic rings. The second kappa shape index (κ2) is 9.61. The van der Waals surface area contributed by atoms with E-state index in [4.69, 9.17) is 0 Å². The summed E-state index contributed by atoms with van der Waals surface area (Å²) >= 11 is 0. The highest BCUT2D eigenvalue weighted by atomic mass is 16.2. The quantitative estimate of drug-likeness (QED) is 0.669. The number of para-hydroxylation sites is 1. The van der Waals surface area contributed by atoms with E-state index < -0.39 is 0 Å². The topological polar surface area (TPSA) is 74.2 Å². The molecule has 0 aliphatic carbocycles. The van der Waals surface area contributed by atoms with Gasteiger partial charge in [0.1, 0.15) is 0 Å². The van der Waals surface area contributed by atoms with Crippen LogP contribution in [0.5, 0.6) is 0 Å². The summed E-state index contributed by atoms with van der Waals surface area (Å²) in [4.78, 5) is 22.2. The van der Waals surface area contributed by atoms with Crippen molar-refractivity contribution in [3.05, 3.63) is 60.6 Å². The van der Waals surface area contributed by atoms with Gasteiger partial charge in [-0.3, -0.25) is 14.7 Å². The van der Waals surface area contributed by atoms with E-state index in [-0.39, 0.29) is 5.92 Å². The molecule has 1 amide bonds. The van der Waals surface area contributed by atoms with E-state index in [9.17, 15) is 4.79 Å². The van der Waals surface area contributed by atoms with E-state index in [0.717, 1.165) is 75.0 Å². The van der Waals surface area contributed by atoms with Crippen molar-refractivity contribution in [3.63, 3.8) is 0 Å². The lowest BCUT2D eigenvalue weighted by atomic mass is 9.93. The molecule has 32 heavy (non-hydrogen) atoms. The molecule has 1 aromatic carbocycles. The first-order valence-corrected chi connectivity index (χ1v) is 11.6. The van der Waals surface area contributed by atoms with Gasteiger partial charge in [0.05, 0.1) is 17.4 Å². The Morgan fingerprint density at radius 2 is 1.75 bits per heavy atom. The number of nitrogens with zero attached hydrogens (tertiary/aromatic N) is 5. The van der Waals surface area contributed by atoms with Crippen LogP contribution in [0.1, 0.15) is 31.2 Å². The first kappa shape index (κ1) is 20.8. The number of amides is 1. The number of hydrogen-bond donors (Lipinski definition) is 1. The maximum absolute atomic E-state index is 13.1. The smallest absolute Gasteiger partial charge is 0.225 e. The standard InChI is InChI=1S/C25H30N6O/c32-25(21-7-13-30(14-8-21)18-19-6-12-27-28-17-19)31-15-9-22(10-16-31)29-23-5-1-3-20-4-2-11-26-24(20)23/h1-6,11-12,17,21-22,29H,7-10,13-16,18H2. The molecule has 166 valence electrons. The van der Waals surface area contributed by atoms with Gasteiger partial charge in [-0.2, -0.15) is 10.2 Å². The minimum absolute atomic E-state index is 0.161. The van der Waals surface area contributed by atoms with Crippen LogP contribution >= 0.6 is 0 Å². The first-order valence-electron chi connectivity index (χ1n) is 11.6. The fraction of sp³-hybridized carbons (Fsp3) is 0.440. The van der Waals surface area contributed by atoms with Crippen LogP contribution in [-0.4, -0.2) is 63.1 Å². The Kier molecular flexibility index (Phi) is 6.25. The zero-order valence-electron chi connectivity index (χ0n) is 18.4. The van der Waals surface area contributed by atoms with Gasteiger partial charge in [-0.15, -0.1) is 0 Å². The number of hydrogen-bond acceptors (Lipinski definition) is 6. The summed E-state index contributed by atoms with van der Waals surface area (Å²) in [6.07, 6.45) is 9.23. The highest BCUT2D eigenvalue weighted by Gasteiger charge is 2.31. The monoisotopic (exact) mass is 430 g/mol. The number of aromatic nitrogens is 3. The molecule has 1 N–H and O–H groups in total. The van der Waals surface area contributed by atoms with Crippen LogP contribution in [0.4, 0.5) is 5.69 Å². The lowest BCUT2D eigenvalue weighted by molar-refractivity contribution is -0.138. The van der Waals surface area contributed by atoms with E-state index in [1.807, 2.05) is 24.5 Å². The average molecular weight is 431 g/mol. The third-order valence-corrected chi connectivity index (χ3v) is 6.79. The molecule has 0 radical (unpaired) electrons. The molecule has 2 aliphatic heterocycles. The van der Waals surface area contributed by atoms with Gasteiger partial charge in [-0.1, -0.05) is 18.2 Å². The highest BCUT2D eigenvalue weighted by molar-refractivity contribution is 5.90. The van der Waals surface area contributed by atoms with Gasteiger partial charge in [0.25, 0.3) is 0 Å².